The van der Waals surface area contributed by atoms with Gasteiger partial charge in [-0.05, 0) is 55.2 Å². The average molecular weight is 623 g/mol. The molecule has 8 rings (SSSR count). The number of carbonyl (C=O) groups is 2. The van der Waals surface area contributed by atoms with E-state index in [1.54, 1.807) is 48.5 Å². The molecule has 4 unspecified atom stereocenters. The Morgan fingerprint density at radius 1 is 0.500 bits per heavy atom. The maximum absolute atomic E-state index is 15.0. The Bertz CT molecular complexity index is 1950. The Hall–Kier alpha value is -4.98. The van der Waals surface area contributed by atoms with Crippen molar-refractivity contribution in [3.8, 4) is 0 Å². The lowest BCUT2D eigenvalue weighted by molar-refractivity contribution is 0.0311. The zero-order valence-corrected chi connectivity index (χ0v) is 24.3. The molecule has 0 amide bonds. The van der Waals surface area contributed by atoms with E-state index in [0.29, 0.717) is 21.5 Å². The topological polar surface area (TPSA) is 52.6 Å². The fourth-order valence-corrected chi connectivity index (χ4v) is 7.18. The van der Waals surface area contributed by atoms with Crippen molar-refractivity contribution in [3.63, 3.8) is 0 Å². The number of halogens is 4. The monoisotopic (exact) mass is 622 g/mol. The number of esters is 2. The lowest BCUT2D eigenvalue weighted by Gasteiger charge is -2.11. The van der Waals surface area contributed by atoms with Crippen LogP contribution in [0.2, 0.25) is 0 Å². The van der Waals surface area contributed by atoms with E-state index in [4.69, 9.17) is 9.47 Å². The van der Waals surface area contributed by atoms with Gasteiger partial charge in [0.05, 0.1) is 23.0 Å². The van der Waals surface area contributed by atoms with Crippen LogP contribution < -0.4 is 0 Å². The third-order valence-corrected chi connectivity index (χ3v) is 9.65. The van der Waals surface area contributed by atoms with Gasteiger partial charge < -0.3 is 9.47 Å². The van der Waals surface area contributed by atoms with E-state index < -0.39 is 60.7 Å². The number of hydrogen-bond donors (Lipinski definition) is 0. The second kappa shape index (κ2) is 10.3. The van der Waals surface area contributed by atoms with Gasteiger partial charge in [0.1, 0.15) is 13.2 Å². The Morgan fingerprint density at radius 2 is 0.783 bits per heavy atom. The van der Waals surface area contributed by atoms with Crippen LogP contribution in [0.15, 0.2) is 109 Å². The number of ether oxygens (including phenoxy) is 2. The second-order valence-corrected chi connectivity index (χ2v) is 12.2. The van der Waals surface area contributed by atoms with Crippen molar-refractivity contribution in [2.24, 2.45) is 23.7 Å². The molecule has 2 aliphatic carbocycles. The van der Waals surface area contributed by atoms with Crippen LogP contribution in [0.4, 0.5) is 17.6 Å². The molecule has 6 aromatic carbocycles. The Kier molecular flexibility index (Phi) is 6.36. The summed E-state index contributed by atoms with van der Waals surface area (Å²) in [7, 11) is 0. The summed E-state index contributed by atoms with van der Waals surface area (Å²) in [5, 5.41) is 5.59. The van der Waals surface area contributed by atoms with Crippen molar-refractivity contribution in [1.82, 2.24) is 0 Å². The summed E-state index contributed by atoms with van der Waals surface area (Å²) in [4.78, 5) is 26.7. The van der Waals surface area contributed by atoms with E-state index in [1.807, 2.05) is 60.7 Å². The first kappa shape index (κ1) is 28.5. The maximum Gasteiger partial charge on any atom is 0.339 e. The molecule has 0 saturated heterocycles. The van der Waals surface area contributed by atoms with E-state index in [-0.39, 0.29) is 11.1 Å². The Labute approximate surface area is 260 Å². The van der Waals surface area contributed by atoms with E-state index in [2.05, 4.69) is 0 Å². The summed E-state index contributed by atoms with van der Waals surface area (Å²) in [6.45, 7) is -1.40. The molecule has 4 atom stereocenters. The quantitative estimate of drug-likeness (QED) is 0.101. The van der Waals surface area contributed by atoms with Crippen LogP contribution in [0.3, 0.4) is 0 Å². The van der Waals surface area contributed by atoms with Crippen LogP contribution in [0.25, 0.3) is 43.1 Å². The summed E-state index contributed by atoms with van der Waals surface area (Å²) in [6.07, 6.45) is 0. The lowest BCUT2D eigenvalue weighted by Crippen LogP contribution is -2.11. The molecule has 230 valence electrons. The maximum atomic E-state index is 15.0. The number of carbonyl (C=O) groups excluding carboxylic acids is 2. The zero-order chi connectivity index (χ0) is 31.8. The summed E-state index contributed by atoms with van der Waals surface area (Å²) >= 11 is 0. The minimum atomic E-state index is -3.44. The molecule has 4 nitrogen and oxygen atoms in total. The fraction of sp³-hybridized carbons (Fsp3) is 0.211. The molecule has 2 fully saturated rings. The van der Waals surface area contributed by atoms with Gasteiger partial charge in [0, 0.05) is 11.8 Å². The third-order valence-electron chi connectivity index (χ3n) is 9.65. The Balaban J connectivity index is 0.987. The number of alkyl halides is 4. The highest BCUT2D eigenvalue weighted by molar-refractivity contribution is 6.17. The van der Waals surface area contributed by atoms with Crippen molar-refractivity contribution in [1.29, 1.82) is 0 Å². The highest BCUT2D eigenvalue weighted by atomic mass is 19.3. The standard InChI is InChI=1S/C38H26F4O4/c39-37(40)29(19-45-35(43)31-25-13-5-1-9-21(25)17-22-10-2-6-14-26(22)31)33(37)34-30(38(34,41)42)20-46-36(44)32-27-15-7-3-11-23(27)18-24-12-4-8-16-28(24)32/h1-18,29-30,33-34H,19-20H2. The van der Waals surface area contributed by atoms with Gasteiger partial charge in [0.2, 0.25) is 0 Å². The number of benzene rings is 6. The molecule has 2 aliphatic rings. The Morgan fingerprint density at radius 3 is 1.09 bits per heavy atom. The predicted octanol–water partition coefficient (Wildman–Crippen LogP) is 9.08. The molecule has 6 aromatic rings. The molecule has 0 heterocycles. The molecule has 0 spiro atoms. The molecular formula is C38H26F4O4. The molecular weight excluding hydrogens is 596 g/mol. The lowest BCUT2D eigenvalue weighted by atomic mass is 9.97. The van der Waals surface area contributed by atoms with Crippen molar-refractivity contribution >= 4 is 55.0 Å². The van der Waals surface area contributed by atoms with Crippen molar-refractivity contribution < 1.29 is 36.6 Å². The van der Waals surface area contributed by atoms with Gasteiger partial charge >= 0.3 is 11.9 Å². The third kappa shape index (κ3) is 4.42. The number of hydrogen-bond acceptors (Lipinski definition) is 4. The van der Waals surface area contributed by atoms with Crippen LogP contribution >= 0.6 is 0 Å². The first-order valence-corrected chi connectivity index (χ1v) is 15.1. The highest BCUT2D eigenvalue weighted by Crippen LogP contribution is 2.72. The zero-order valence-electron chi connectivity index (χ0n) is 24.3. The van der Waals surface area contributed by atoms with Gasteiger partial charge in [-0.2, -0.15) is 0 Å². The predicted molar refractivity (Wildman–Crippen MR) is 167 cm³/mol. The van der Waals surface area contributed by atoms with Crippen LogP contribution in [-0.2, 0) is 9.47 Å². The van der Waals surface area contributed by atoms with Gasteiger partial charge in [0.15, 0.2) is 0 Å². The molecule has 0 radical (unpaired) electrons. The highest BCUT2D eigenvalue weighted by Gasteiger charge is 2.84. The van der Waals surface area contributed by atoms with Crippen molar-refractivity contribution in [2.75, 3.05) is 13.2 Å². The molecule has 46 heavy (non-hydrogen) atoms. The normalized spacial score (nSPS) is 22.6. The molecule has 0 bridgehead atoms. The van der Waals surface area contributed by atoms with Gasteiger partial charge in [0.25, 0.3) is 11.8 Å². The first-order chi connectivity index (χ1) is 22.2. The van der Waals surface area contributed by atoms with Gasteiger partial charge in [-0.25, -0.2) is 27.2 Å². The molecule has 2 saturated carbocycles. The van der Waals surface area contributed by atoms with E-state index >= 15 is 17.6 Å². The summed E-state index contributed by atoms with van der Waals surface area (Å²) in [5.74, 6) is -15.0. The van der Waals surface area contributed by atoms with E-state index in [0.717, 1.165) is 21.5 Å². The largest absolute Gasteiger partial charge is 0.462 e. The summed E-state index contributed by atoms with van der Waals surface area (Å²) in [5.41, 5.74) is 0.494. The average Bonchev–Trinajstić information content (AvgIpc) is 3.82. The molecule has 0 aliphatic heterocycles. The smallest absolute Gasteiger partial charge is 0.339 e. The van der Waals surface area contributed by atoms with Gasteiger partial charge in [-0.1, -0.05) is 97.1 Å². The fourth-order valence-electron chi connectivity index (χ4n) is 7.18. The molecule has 8 heteroatoms. The summed E-state index contributed by atoms with van der Waals surface area (Å²) < 4.78 is 70.8. The van der Waals surface area contributed by atoms with Crippen LogP contribution in [0.1, 0.15) is 20.7 Å². The van der Waals surface area contributed by atoms with Crippen LogP contribution in [0, 0.1) is 23.7 Å². The molecule has 0 aromatic heterocycles. The van der Waals surface area contributed by atoms with Crippen molar-refractivity contribution in [3.05, 3.63) is 120 Å². The van der Waals surface area contributed by atoms with Crippen LogP contribution in [0.5, 0.6) is 0 Å². The second-order valence-electron chi connectivity index (χ2n) is 12.2. The SMILES string of the molecule is O=C(OCC1C(C2C(COC(=O)c3c4ccccc4cc4ccccc34)C2(F)F)C1(F)F)c1c2ccccc2cc2ccccc12. The number of fused-ring (bicyclic) bond motifs is 4. The van der Waals surface area contributed by atoms with Gasteiger partial charge in [-0.15, -0.1) is 0 Å². The van der Waals surface area contributed by atoms with Crippen molar-refractivity contribution in [2.45, 2.75) is 11.8 Å². The van der Waals surface area contributed by atoms with Crippen LogP contribution in [-0.4, -0.2) is 37.0 Å². The summed E-state index contributed by atoms with van der Waals surface area (Å²) in [6, 6.07) is 32.6. The minimum absolute atomic E-state index is 0.247. The van der Waals surface area contributed by atoms with E-state index in [9.17, 15) is 9.59 Å². The van der Waals surface area contributed by atoms with Gasteiger partial charge in [-0.3, -0.25) is 0 Å². The molecule has 0 N–H and O–H groups in total. The minimum Gasteiger partial charge on any atom is -0.462 e. The number of rotatable bonds is 7. The first-order valence-electron chi connectivity index (χ1n) is 15.1. The van der Waals surface area contributed by atoms with E-state index in [1.165, 1.54) is 0 Å².